The molecule has 1 atom stereocenters. The highest BCUT2D eigenvalue weighted by Gasteiger charge is 2.17. The fourth-order valence-electron chi connectivity index (χ4n) is 3.04. The predicted octanol–water partition coefficient (Wildman–Crippen LogP) is 3.38. The Balaban J connectivity index is 1.48. The molecule has 1 saturated heterocycles. The second-order valence-corrected chi connectivity index (χ2v) is 5.91. The molecule has 2 N–H and O–H groups in total. The largest absolute Gasteiger partial charge is 0.356 e. The fourth-order valence-corrected chi connectivity index (χ4v) is 3.04. The quantitative estimate of drug-likeness (QED) is 0.830. The lowest BCUT2D eigenvalue weighted by Gasteiger charge is -2.33. The first-order chi connectivity index (χ1) is 10.2. The van der Waals surface area contributed by atoms with E-state index in [1.165, 1.54) is 37.9 Å². The summed E-state index contributed by atoms with van der Waals surface area (Å²) in [6.45, 7) is 5.56. The normalized spacial score (nSPS) is 20.0. The number of benzene rings is 1. The zero-order chi connectivity index (χ0) is 14.7. The third-order valence-corrected chi connectivity index (χ3v) is 4.30. The summed E-state index contributed by atoms with van der Waals surface area (Å²) in [6.07, 6.45) is 5.11. The minimum Gasteiger partial charge on any atom is -0.356 e. The maximum atomic E-state index is 13.1. The van der Waals surface area contributed by atoms with Crippen molar-refractivity contribution in [2.45, 2.75) is 38.6 Å². The molecule has 5 heteroatoms. The van der Waals surface area contributed by atoms with Gasteiger partial charge in [0.25, 0.3) is 0 Å². The fraction of sp³-hybridized carbons (Fsp3) is 0.562. The molecule has 0 saturated carbocycles. The van der Waals surface area contributed by atoms with E-state index in [0.29, 0.717) is 6.04 Å². The van der Waals surface area contributed by atoms with Crippen LogP contribution in [0.2, 0.25) is 0 Å². The second kappa shape index (κ2) is 6.43. The molecule has 2 heterocycles. The number of hydrogen-bond donors (Lipinski definition) is 2. The van der Waals surface area contributed by atoms with E-state index in [9.17, 15) is 4.39 Å². The highest BCUT2D eigenvalue weighted by Crippen LogP contribution is 2.17. The molecule has 1 aromatic heterocycles. The number of piperidine rings is 1. The Hall–Kier alpha value is -1.62. The van der Waals surface area contributed by atoms with Crippen molar-refractivity contribution in [1.29, 1.82) is 0 Å². The molecule has 0 aliphatic carbocycles. The summed E-state index contributed by atoms with van der Waals surface area (Å²) in [5.74, 6) is 0.485. The Morgan fingerprint density at radius 1 is 1.43 bits per heavy atom. The molecule has 2 aromatic rings. The number of imidazole rings is 1. The Morgan fingerprint density at radius 2 is 2.33 bits per heavy atom. The Labute approximate surface area is 124 Å². The molecule has 114 valence electrons. The van der Waals surface area contributed by atoms with Gasteiger partial charge in [-0.3, -0.25) is 0 Å². The molecule has 0 spiro atoms. The van der Waals surface area contributed by atoms with Crippen molar-refractivity contribution >= 4 is 17.0 Å². The first-order valence-corrected chi connectivity index (χ1v) is 7.85. The van der Waals surface area contributed by atoms with E-state index in [2.05, 4.69) is 27.1 Å². The maximum Gasteiger partial charge on any atom is 0.201 e. The summed E-state index contributed by atoms with van der Waals surface area (Å²) in [6, 6.07) is 5.32. The van der Waals surface area contributed by atoms with Gasteiger partial charge in [0.15, 0.2) is 0 Å². The molecule has 0 bridgehead atoms. The highest BCUT2D eigenvalue weighted by molar-refractivity contribution is 5.77. The van der Waals surface area contributed by atoms with Crippen LogP contribution in [0, 0.1) is 5.82 Å². The van der Waals surface area contributed by atoms with Crippen molar-refractivity contribution in [3.63, 3.8) is 0 Å². The molecule has 3 rings (SSSR count). The van der Waals surface area contributed by atoms with Crippen LogP contribution in [0.1, 0.15) is 32.6 Å². The number of likely N-dealkylation sites (tertiary alicyclic amines) is 1. The monoisotopic (exact) mass is 290 g/mol. The van der Waals surface area contributed by atoms with Gasteiger partial charge in [-0.1, -0.05) is 6.42 Å². The van der Waals surface area contributed by atoms with Gasteiger partial charge >= 0.3 is 0 Å². The van der Waals surface area contributed by atoms with Crippen LogP contribution < -0.4 is 5.32 Å². The van der Waals surface area contributed by atoms with E-state index in [0.717, 1.165) is 36.5 Å². The van der Waals surface area contributed by atoms with Gasteiger partial charge in [0.1, 0.15) is 5.82 Å². The topological polar surface area (TPSA) is 44.0 Å². The Morgan fingerprint density at radius 3 is 3.19 bits per heavy atom. The number of aromatic nitrogens is 2. The summed E-state index contributed by atoms with van der Waals surface area (Å²) in [5.41, 5.74) is 1.53. The molecular formula is C16H23FN4. The second-order valence-electron chi connectivity index (χ2n) is 5.91. The number of nitrogens with zero attached hydrogens (tertiary/aromatic N) is 2. The van der Waals surface area contributed by atoms with E-state index in [1.54, 1.807) is 6.07 Å². The van der Waals surface area contributed by atoms with E-state index >= 15 is 0 Å². The summed E-state index contributed by atoms with van der Waals surface area (Å²) < 4.78 is 13.1. The Kier molecular flexibility index (Phi) is 4.39. The van der Waals surface area contributed by atoms with E-state index in [1.807, 2.05) is 0 Å². The van der Waals surface area contributed by atoms with Crippen LogP contribution in [0.15, 0.2) is 18.2 Å². The van der Waals surface area contributed by atoms with E-state index < -0.39 is 0 Å². The van der Waals surface area contributed by atoms with Gasteiger partial charge in [-0.15, -0.1) is 0 Å². The summed E-state index contributed by atoms with van der Waals surface area (Å²) in [7, 11) is 0. The number of fused-ring (bicyclic) bond motifs is 1. The highest BCUT2D eigenvalue weighted by atomic mass is 19.1. The minimum absolute atomic E-state index is 0.239. The maximum absolute atomic E-state index is 13.1. The van der Waals surface area contributed by atoms with Gasteiger partial charge in [0, 0.05) is 19.1 Å². The smallest absolute Gasteiger partial charge is 0.201 e. The predicted molar refractivity (Wildman–Crippen MR) is 84.0 cm³/mol. The number of hydrogen-bond acceptors (Lipinski definition) is 3. The van der Waals surface area contributed by atoms with Gasteiger partial charge in [-0.05, 0) is 50.9 Å². The minimum atomic E-state index is -0.239. The first-order valence-electron chi connectivity index (χ1n) is 7.85. The number of aromatic amines is 1. The van der Waals surface area contributed by atoms with Crippen LogP contribution in [0.25, 0.3) is 11.0 Å². The van der Waals surface area contributed by atoms with Crippen LogP contribution in [-0.4, -0.2) is 40.5 Å². The molecule has 21 heavy (non-hydrogen) atoms. The lowest BCUT2D eigenvalue weighted by molar-refractivity contribution is 0.160. The first kappa shape index (κ1) is 14.3. The molecular weight excluding hydrogens is 267 g/mol. The summed E-state index contributed by atoms with van der Waals surface area (Å²) >= 11 is 0. The van der Waals surface area contributed by atoms with Crippen LogP contribution >= 0.6 is 0 Å². The standard InChI is InChI=1S/C16H23FN4/c1-12-5-2-3-9-21(12)10-4-8-18-16-19-14-7-6-13(17)11-15(14)20-16/h6-7,11-12H,2-5,8-10H2,1H3,(H2,18,19,20). The molecule has 1 fully saturated rings. The van der Waals surface area contributed by atoms with Gasteiger partial charge in [0.05, 0.1) is 11.0 Å². The SMILES string of the molecule is CC1CCCCN1CCCNc1nc2ccc(F)cc2[nH]1. The summed E-state index contributed by atoms with van der Waals surface area (Å²) in [5, 5.41) is 3.29. The number of nitrogens with one attached hydrogen (secondary N) is 2. The van der Waals surface area contributed by atoms with Crippen LogP contribution in [0.3, 0.4) is 0 Å². The van der Waals surface area contributed by atoms with Crippen LogP contribution in [0.4, 0.5) is 10.3 Å². The van der Waals surface area contributed by atoms with Crippen molar-refractivity contribution in [3.05, 3.63) is 24.0 Å². The van der Waals surface area contributed by atoms with Gasteiger partial charge in [0.2, 0.25) is 5.95 Å². The molecule has 4 nitrogen and oxygen atoms in total. The number of anilines is 1. The van der Waals surface area contributed by atoms with E-state index in [4.69, 9.17) is 0 Å². The third kappa shape index (κ3) is 3.53. The molecule has 1 aliphatic heterocycles. The van der Waals surface area contributed by atoms with E-state index in [-0.39, 0.29) is 5.82 Å². The molecule has 1 aromatic carbocycles. The molecule has 1 unspecified atom stereocenters. The lowest BCUT2D eigenvalue weighted by Crippen LogP contribution is -2.38. The van der Waals surface area contributed by atoms with Crippen molar-refractivity contribution in [2.75, 3.05) is 25.0 Å². The third-order valence-electron chi connectivity index (χ3n) is 4.30. The zero-order valence-electron chi connectivity index (χ0n) is 12.5. The summed E-state index contributed by atoms with van der Waals surface area (Å²) in [4.78, 5) is 10.1. The lowest BCUT2D eigenvalue weighted by atomic mass is 10.0. The van der Waals surface area contributed by atoms with Crippen molar-refractivity contribution < 1.29 is 4.39 Å². The van der Waals surface area contributed by atoms with Gasteiger partial charge < -0.3 is 15.2 Å². The van der Waals surface area contributed by atoms with Crippen molar-refractivity contribution in [1.82, 2.24) is 14.9 Å². The van der Waals surface area contributed by atoms with Crippen molar-refractivity contribution in [2.24, 2.45) is 0 Å². The molecule has 0 radical (unpaired) electrons. The van der Waals surface area contributed by atoms with Crippen molar-refractivity contribution in [3.8, 4) is 0 Å². The molecule has 0 amide bonds. The molecule has 1 aliphatic rings. The van der Waals surface area contributed by atoms with Gasteiger partial charge in [-0.2, -0.15) is 0 Å². The average molecular weight is 290 g/mol. The zero-order valence-corrected chi connectivity index (χ0v) is 12.5. The average Bonchev–Trinajstić information content (AvgIpc) is 2.87. The van der Waals surface area contributed by atoms with Crippen LogP contribution in [0.5, 0.6) is 0 Å². The van der Waals surface area contributed by atoms with Crippen LogP contribution in [-0.2, 0) is 0 Å². The Bertz CT molecular complexity index is 595. The number of halogens is 1. The number of rotatable bonds is 5. The van der Waals surface area contributed by atoms with Gasteiger partial charge in [-0.25, -0.2) is 9.37 Å². The number of H-pyrrole nitrogens is 1.